The van der Waals surface area contributed by atoms with Crippen LogP contribution in [0.4, 0.5) is 5.69 Å². The van der Waals surface area contributed by atoms with Crippen molar-refractivity contribution in [3.63, 3.8) is 0 Å². The fraction of sp³-hybridized carbons (Fsp3) is 0.0769. The van der Waals surface area contributed by atoms with Gasteiger partial charge in [0.15, 0.2) is 5.75 Å². The Morgan fingerprint density at radius 1 is 1.28 bits per heavy atom. The van der Waals surface area contributed by atoms with Crippen molar-refractivity contribution in [1.29, 1.82) is 5.26 Å². The molecule has 0 aliphatic heterocycles. The molecule has 2 rings (SSSR count). The van der Waals surface area contributed by atoms with Gasteiger partial charge in [0.1, 0.15) is 17.6 Å². The van der Waals surface area contributed by atoms with E-state index in [1.807, 2.05) is 6.07 Å². The summed E-state index contributed by atoms with van der Waals surface area (Å²) in [5.74, 6) is 1.50. The highest BCUT2D eigenvalue weighted by Crippen LogP contribution is 2.30. The summed E-state index contributed by atoms with van der Waals surface area (Å²) in [6.07, 6.45) is 3.02. The van der Waals surface area contributed by atoms with Crippen LogP contribution in [-0.2, 0) is 0 Å². The summed E-state index contributed by atoms with van der Waals surface area (Å²) in [7, 11) is 1.54. The van der Waals surface area contributed by atoms with Crippen LogP contribution in [0.1, 0.15) is 5.56 Å². The topological polar surface area (TPSA) is 81.2 Å². The first-order valence-electron chi connectivity index (χ1n) is 5.20. The number of nitriles is 1. The minimum atomic E-state index is 0.393. The van der Waals surface area contributed by atoms with Gasteiger partial charge in [-0.15, -0.1) is 0 Å². The van der Waals surface area contributed by atoms with Crippen molar-refractivity contribution < 1.29 is 9.47 Å². The molecule has 2 aromatic rings. The number of hydrogen-bond acceptors (Lipinski definition) is 5. The van der Waals surface area contributed by atoms with Gasteiger partial charge in [-0.1, -0.05) is 0 Å². The molecule has 0 spiro atoms. The molecular weight excluding hydrogens is 230 g/mol. The molecule has 5 heteroatoms. The van der Waals surface area contributed by atoms with Crippen LogP contribution in [0.15, 0.2) is 36.7 Å². The molecule has 0 saturated heterocycles. The predicted octanol–water partition coefficient (Wildman–Crippen LogP) is 2.34. The molecule has 90 valence electrons. The van der Waals surface area contributed by atoms with E-state index < -0.39 is 0 Å². The van der Waals surface area contributed by atoms with E-state index in [1.54, 1.807) is 31.4 Å². The van der Waals surface area contributed by atoms with Gasteiger partial charge in [0, 0.05) is 12.3 Å². The van der Waals surface area contributed by atoms with Crippen molar-refractivity contribution in [1.82, 2.24) is 4.98 Å². The number of benzene rings is 1. The van der Waals surface area contributed by atoms with E-state index in [0.29, 0.717) is 28.5 Å². The SMILES string of the molecule is COc1ccc(Oc2cnccc2C#N)cc1N. The van der Waals surface area contributed by atoms with E-state index in [2.05, 4.69) is 4.98 Å². The number of methoxy groups -OCH3 is 1. The molecule has 0 bridgehead atoms. The number of pyridine rings is 1. The first-order valence-corrected chi connectivity index (χ1v) is 5.20. The summed E-state index contributed by atoms with van der Waals surface area (Å²) >= 11 is 0. The summed E-state index contributed by atoms with van der Waals surface area (Å²) in [5.41, 5.74) is 6.66. The average Bonchev–Trinajstić information content (AvgIpc) is 2.39. The van der Waals surface area contributed by atoms with Crippen LogP contribution in [-0.4, -0.2) is 12.1 Å². The Hall–Kier alpha value is -2.74. The van der Waals surface area contributed by atoms with E-state index >= 15 is 0 Å². The molecule has 0 unspecified atom stereocenters. The number of nitrogens with zero attached hydrogens (tertiary/aromatic N) is 2. The van der Waals surface area contributed by atoms with Crippen molar-refractivity contribution in [2.24, 2.45) is 0 Å². The maximum atomic E-state index is 8.93. The highest BCUT2D eigenvalue weighted by atomic mass is 16.5. The van der Waals surface area contributed by atoms with Crippen molar-refractivity contribution >= 4 is 5.69 Å². The van der Waals surface area contributed by atoms with Crippen LogP contribution >= 0.6 is 0 Å². The summed E-state index contributed by atoms with van der Waals surface area (Å²) in [6.45, 7) is 0. The van der Waals surface area contributed by atoms with E-state index in [9.17, 15) is 0 Å². The van der Waals surface area contributed by atoms with Gasteiger partial charge in [-0.3, -0.25) is 4.98 Å². The molecule has 1 aromatic heterocycles. The third-order valence-electron chi connectivity index (χ3n) is 2.33. The Kier molecular flexibility index (Phi) is 3.30. The first-order chi connectivity index (χ1) is 8.74. The van der Waals surface area contributed by atoms with Gasteiger partial charge in [0.25, 0.3) is 0 Å². The Balaban J connectivity index is 2.29. The molecule has 0 radical (unpaired) electrons. The molecule has 0 aliphatic rings. The highest BCUT2D eigenvalue weighted by Gasteiger charge is 2.06. The molecule has 5 nitrogen and oxygen atoms in total. The van der Waals surface area contributed by atoms with Gasteiger partial charge in [-0.05, 0) is 18.2 Å². The molecule has 0 atom stereocenters. The smallest absolute Gasteiger partial charge is 0.163 e. The largest absolute Gasteiger partial charge is 0.495 e. The molecule has 0 fully saturated rings. The minimum absolute atomic E-state index is 0.393. The molecule has 2 N–H and O–H groups in total. The van der Waals surface area contributed by atoms with E-state index in [-0.39, 0.29) is 0 Å². The molecular formula is C13H11N3O2. The zero-order chi connectivity index (χ0) is 13.0. The number of nitrogen functional groups attached to an aromatic ring is 1. The van der Waals surface area contributed by atoms with Crippen LogP contribution in [0.25, 0.3) is 0 Å². The first kappa shape index (κ1) is 11.7. The lowest BCUT2D eigenvalue weighted by Crippen LogP contribution is -1.94. The monoisotopic (exact) mass is 241 g/mol. The maximum Gasteiger partial charge on any atom is 0.163 e. The zero-order valence-corrected chi connectivity index (χ0v) is 9.75. The number of aromatic nitrogens is 1. The lowest BCUT2D eigenvalue weighted by molar-refractivity contribution is 0.415. The van der Waals surface area contributed by atoms with Crippen molar-refractivity contribution in [2.45, 2.75) is 0 Å². The second kappa shape index (κ2) is 5.06. The molecule has 1 heterocycles. The van der Waals surface area contributed by atoms with Crippen LogP contribution in [0.5, 0.6) is 17.2 Å². The van der Waals surface area contributed by atoms with E-state index in [0.717, 1.165) is 0 Å². The third-order valence-corrected chi connectivity index (χ3v) is 2.33. The lowest BCUT2D eigenvalue weighted by atomic mass is 10.2. The Morgan fingerprint density at radius 3 is 2.78 bits per heavy atom. The van der Waals surface area contributed by atoms with Crippen LogP contribution in [0, 0.1) is 11.3 Å². The Morgan fingerprint density at radius 2 is 2.11 bits per heavy atom. The Labute approximate surface area is 104 Å². The van der Waals surface area contributed by atoms with E-state index in [1.165, 1.54) is 12.4 Å². The fourth-order valence-electron chi connectivity index (χ4n) is 1.46. The lowest BCUT2D eigenvalue weighted by Gasteiger charge is -2.09. The molecule has 1 aromatic carbocycles. The van der Waals surface area contributed by atoms with Gasteiger partial charge >= 0.3 is 0 Å². The minimum Gasteiger partial charge on any atom is -0.495 e. The second-order valence-corrected chi connectivity index (χ2v) is 3.49. The van der Waals surface area contributed by atoms with Crippen molar-refractivity contribution in [3.05, 3.63) is 42.2 Å². The van der Waals surface area contributed by atoms with Crippen LogP contribution < -0.4 is 15.2 Å². The van der Waals surface area contributed by atoms with Crippen molar-refractivity contribution in [3.8, 4) is 23.3 Å². The number of anilines is 1. The van der Waals surface area contributed by atoms with Crippen LogP contribution in [0.2, 0.25) is 0 Å². The third kappa shape index (κ3) is 2.33. The number of ether oxygens (including phenoxy) is 2. The fourth-order valence-corrected chi connectivity index (χ4v) is 1.46. The average molecular weight is 241 g/mol. The molecule has 0 saturated carbocycles. The van der Waals surface area contributed by atoms with Gasteiger partial charge < -0.3 is 15.2 Å². The number of hydrogen-bond donors (Lipinski definition) is 1. The van der Waals surface area contributed by atoms with Gasteiger partial charge in [0.2, 0.25) is 0 Å². The van der Waals surface area contributed by atoms with Crippen molar-refractivity contribution in [2.75, 3.05) is 12.8 Å². The summed E-state index contributed by atoms with van der Waals surface area (Å²) in [5, 5.41) is 8.93. The summed E-state index contributed by atoms with van der Waals surface area (Å²) < 4.78 is 10.6. The molecule has 0 amide bonds. The zero-order valence-electron chi connectivity index (χ0n) is 9.75. The predicted molar refractivity (Wildman–Crippen MR) is 66.4 cm³/mol. The Bertz CT molecular complexity index is 605. The van der Waals surface area contributed by atoms with Gasteiger partial charge in [-0.25, -0.2) is 0 Å². The summed E-state index contributed by atoms with van der Waals surface area (Å²) in [6, 6.07) is 8.66. The molecule has 18 heavy (non-hydrogen) atoms. The normalized spacial score (nSPS) is 9.56. The molecule has 0 aliphatic carbocycles. The van der Waals surface area contributed by atoms with E-state index in [4.69, 9.17) is 20.5 Å². The number of nitrogens with two attached hydrogens (primary N) is 1. The van der Waals surface area contributed by atoms with Gasteiger partial charge in [-0.2, -0.15) is 5.26 Å². The number of rotatable bonds is 3. The summed E-state index contributed by atoms with van der Waals surface area (Å²) in [4.78, 5) is 3.91. The second-order valence-electron chi connectivity index (χ2n) is 3.49. The highest BCUT2D eigenvalue weighted by molar-refractivity contribution is 5.57. The maximum absolute atomic E-state index is 8.93. The van der Waals surface area contributed by atoms with Gasteiger partial charge in [0.05, 0.1) is 24.6 Å². The standard InChI is InChI=1S/C13H11N3O2/c1-17-12-3-2-10(6-11(12)15)18-13-8-16-5-4-9(13)7-14/h2-6,8H,15H2,1H3. The van der Waals surface area contributed by atoms with Crippen LogP contribution in [0.3, 0.4) is 0 Å². The quantitative estimate of drug-likeness (QED) is 0.834.